The van der Waals surface area contributed by atoms with E-state index in [9.17, 15) is 0 Å². The Hall–Kier alpha value is -0.350. The molecule has 0 radical (unpaired) electrons. The molecule has 2 aromatic rings. The molecule has 0 saturated carbocycles. The molecule has 0 bridgehead atoms. The highest BCUT2D eigenvalue weighted by Crippen LogP contribution is 2.29. The fraction of sp³-hybridized carbons (Fsp3) is 0.333. The van der Waals surface area contributed by atoms with Crippen molar-refractivity contribution in [1.29, 1.82) is 0 Å². The van der Waals surface area contributed by atoms with E-state index in [1.807, 2.05) is 13.1 Å². The average Bonchev–Trinajstić information content (AvgIpc) is 2.78. The molecule has 4 heteroatoms. The summed E-state index contributed by atoms with van der Waals surface area (Å²) in [5.74, 6) is 0. The molecule has 1 aromatic heterocycles. The van der Waals surface area contributed by atoms with Crippen LogP contribution in [0, 0.1) is 13.8 Å². The molecule has 1 atom stereocenters. The maximum atomic E-state index is 6.00. The third-order valence-corrected chi connectivity index (χ3v) is 5.75. The Balaban J connectivity index is 2.27. The van der Waals surface area contributed by atoms with Gasteiger partial charge in [-0.2, -0.15) is 0 Å². The van der Waals surface area contributed by atoms with Crippen LogP contribution in [0.4, 0.5) is 0 Å². The average molecular weight is 359 g/mol. The lowest BCUT2D eigenvalue weighted by atomic mass is 9.99. The van der Waals surface area contributed by atoms with Gasteiger partial charge in [0.05, 0.1) is 4.34 Å². The van der Waals surface area contributed by atoms with Crippen LogP contribution in [0.1, 0.15) is 27.6 Å². The number of thiophene rings is 1. The predicted octanol–water partition coefficient (Wildman–Crippen LogP) is 5.28. The molecule has 1 aromatic carbocycles. The molecule has 1 N–H and O–H groups in total. The van der Waals surface area contributed by atoms with Crippen molar-refractivity contribution in [3.63, 3.8) is 0 Å². The van der Waals surface area contributed by atoms with Crippen LogP contribution in [-0.4, -0.2) is 7.05 Å². The van der Waals surface area contributed by atoms with Crippen molar-refractivity contribution < 1.29 is 0 Å². The highest BCUT2D eigenvalue weighted by molar-refractivity contribution is 9.10. The monoisotopic (exact) mass is 357 g/mol. The molecule has 1 heterocycles. The van der Waals surface area contributed by atoms with Gasteiger partial charge in [0.2, 0.25) is 0 Å². The number of likely N-dealkylation sites (N-methyl/N-ethyl adjacent to an activating group) is 1. The molecule has 0 aliphatic carbocycles. The molecule has 0 saturated heterocycles. The lowest BCUT2D eigenvalue weighted by Crippen LogP contribution is -2.18. The minimum absolute atomic E-state index is 0.320. The highest BCUT2D eigenvalue weighted by Gasteiger charge is 2.13. The van der Waals surface area contributed by atoms with E-state index in [1.165, 1.54) is 26.0 Å². The maximum Gasteiger partial charge on any atom is 0.0931 e. The summed E-state index contributed by atoms with van der Waals surface area (Å²) in [6.45, 7) is 4.27. The smallest absolute Gasteiger partial charge is 0.0931 e. The quantitative estimate of drug-likeness (QED) is 0.783. The van der Waals surface area contributed by atoms with E-state index >= 15 is 0 Å². The van der Waals surface area contributed by atoms with Gasteiger partial charge in [0.1, 0.15) is 0 Å². The van der Waals surface area contributed by atoms with Crippen LogP contribution < -0.4 is 5.32 Å². The molecule has 102 valence electrons. The van der Waals surface area contributed by atoms with Gasteiger partial charge < -0.3 is 5.32 Å². The number of hydrogen-bond donors (Lipinski definition) is 1. The topological polar surface area (TPSA) is 12.0 Å². The van der Waals surface area contributed by atoms with Crippen LogP contribution in [-0.2, 0) is 6.42 Å². The zero-order valence-electron chi connectivity index (χ0n) is 11.3. The van der Waals surface area contributed by atoms with Crippen LogP contribution in [0.15, 0.2) is 28.7 Å². The molecule has 0 aliphatic rings. The summed E-state index contributed by atoms with van der Waals surface area (Å²) in [6.07, 6.45) is 0.967. The van der Waals surface area contributed by atoms with Crippen molar-refractivity contribution in [2.45, 2.75) is 26.3 Å². The maximum absolute atomic E-state index is 6.00. The van der Waals surface area contributed by atoms with E-state index in [0.29, 0.717) is 6.04 Å². The third kappa shape index (κ3) is 3.60. The van der Waals surface area contributed by atoms with Crippen LogP contribution in [0.5, 0.6) is 0 Å². The Morgan fingerprint density at radius 2 is 1.89 bits per heavy atom. The lowest BCUT2D eigenvalue weighted by molar-refractivity contribution is 0.595. The van der Waals surface area contributed by atoms with E-state index < -0.39 is 0 Å². The molecule has 0 fully saturated rings. The second kappa shape index (κ2) is 6.40. The summed E-state index contributed by atoms with van der Waals surface area (Å²) >= 11 is 11.3. The van der Waals surface area contributed by atoms with Crippen molar-refractivity contribution in [2.24, 2.45) is 0 Å². The number of halogens is 2. The van der Waals surface area contributed by atoms with Crippen LogP contribution in [0.2, 0.25) is 4.34 Å². The minimum Gasteiger partial charge on any atom is -0.313 e. The van der Waals surface area contributed by atoms with E-state index in [-0.39, 0.29) is 0 Å². The number of nitrogens with one attached hydrogen (secondary N) is 1. The third-order valence-electron chi connectivity index (χ3n) is 3.24. The first-order valence-corrected chi connectivity index (χ1v) is 8.18. The van der Waals surface area contributed by atoms with Crippen LogP contribution >= 0.6 is 38.9 Å². The summed E-state index contributed by atoms with van der Waals surface area (Å²) < 4.78 is 2.05. The number of hydrogen-bond acceptors (Lipinski definition) is 2. The predicted molar refractivity (Wildman–Crippen MR) is 88.4 cm³/mol. The summed E-state index contributed by atoms with van der Waals surface area (Å²) in [5.41, 5.74) is 3.88. The van der Waals surface area contributed by atoms with Gasteiger partial charge in [0, 0.05) is 21.8 Å². The largest absolute Gasteiger partial charge is 0.313 e. The number of rotatable bonds is 4. The van der Waals surface area contributed by atoms with E-state index in [1.54, 1.807) is 11.3 Å². The Labute approximate surface area is 132 Å². The summed E-state index contributed by atoms with van der Waals surface area (Å²) in [4.78, 5) is 1.31. The molecule has 2 rings (SSSR count). The molecule has 19 heavy (non-hydrogen) atoms. The fourth-order valence-electron chi connectivity index (χ4n) is 2.23. The Morgan fingerprint density at radius 3 is 2.37 bits per heavy atom. The zero-order chi connectivity index (χ0) is 14.0. The van der Waals surface area contributed by atoms with Gasteiger partial charge in [-0.05, 0) is 49.7 Å². The first-order chi connectivity index (χ1) is 9.01. The molecule has 0 amide bonds. The first-order valence-electron chi connectivity index (χ1n) is 6.19. The minimum atomic E-state index is 0.320. The summed E-state index contributed by atoms with van der Waals surface area (Å²) in [6, 6.07) is 8.88. The second-order valence-electron chi connectivity index (χ2n) is 4.72. The van der Waals surface area contributed by atoms with Crippen LogP contribution in [0.3, 0.4) is 0 Å². The zero-order valence-corrected chi connectivity index (χ0v) is 14.4. The van der Waals surface area contributed by atoms with Gasteiger partial charge in [0.15, 0.2) is 0 Å². The van der Waals surface area contributed by atoms with Gasteiger partial charge in [-0.15, -0.1) is 11.3 Å². The van der Waals surface area contributed by atoms with Crippen molar-refractivity contribution in [3.8, 4) is 0 Å². The van der Waals surface area contributed by atoms with Crippen molar-refractivity contribution >= 4 is 38.9 Å². The standard InChI is InChI=1S/C15H17BrClNS/c1-9-6-11(7-10(2)15(9)16)13(18-3)8-12-4-5-14(17)19-12/h4-7,13,18H,8H2,1-3H3. The summed E-state index contributed by atoms with van der Waals surface area (Å²) in [7, 11) is 2.01. The highest BCUT2D eigenvalue weighted by atomic mass is 79.9. The van der Waals surface area contributed by atoms with Gasteiger partial charge in [-0.25, -0.2) is 0 Å². The molecule has 0 spiro atoms. The van der Waals surface area contributed by atoms with Crippen molar-refractivity contribution in [1.82, 2.24) is 5.32 Å². The van der Waals surface area contributed by atoms with Gasteiger partial charge >= 0.3 is 0 Å². The van der Waals surface area contributed by atoms with E-state index in [0.717, 1.165) is 10.8 Å². The molecule has 1 nitrogen and oxygen atoms in total. The van der Waals surface area contributed by atoms with Crippen LogP contribution in [0.25, 0.3) is 0 Å². The van der Waals surface area contributed by atoms with Gasteiger partial charge in [-0.3, -0.25) is 0 Å². The van der Waals surface area contributed by atoms with E-state index in [2.05, 4.69) is 53.3 Å². The Morgan fingerprint density at radius 1 is 1.26 bits per heavy atom. The van der Waals surface area contributed by atoms with Gasteiger partial charge in [-0.1, -0.05) is 39.7 Å². The molecule has 0 aliphatic heterocycles. The Bertz CT molecular complexity index is 556. The normalized spacial score (nSPS) is 12.7. The number of benzene rings is 1. The first kappa shape index (κ1) is 15.0. The van der Waals surface area contributed by atoms with Gasteiger partial charge in [0.25, 0.3) is 0 Å². The molecule has 1 unspecified atom stereocenters. The SMILES string of the molecule is CNC(Cc1ccc(Cl)s1)c1cc(C)c(Br)c(C)c1. The van der Waals surface area contributed by atoms with Crippen molar-refractivity contribution in [2.75, 3.05) is 7.05 Å². The summed E-state index contributed by atoms with van der Waals surface area (Å²) in [5, 5.41) is 3.40. The number of aryl methyl sites for hydroxylation is 2. The lowest BCUT2D eigenvalue weighted by Gasteiger charge is -2.18. The fourth-order valence-corrected chi connectivity index (χ4v) is 3.59. The van der Waals surface area contributed by atoms with E-state index in [4.69, 9.17) is 11.6 Å². The van der Waals surface area contributed by atoms with Crippen molar-refractivity contribution in [3.05, 3.63) is 54.6 Å². The Kier molecular flexibility index (Phi) is 5.07. The molecular weight excluding hydrogens is 342 g/mol. The second-order valence-corrected chi connectivity index (χ2v) is 7.31. The molecular formula is C15H17BrClNS.